The van der Waals surface area contributed by atoms with E-state index in [1.54, 1.807) is 16.9 Å². The van der Waals surface area contributed by atoms with E-state index in [0.29, 0.717) is 23.6 Å². The molecule has 6 rings (SSSR count). The predicted octanol–water partition coefficient (Wildman–Crippen LogP) is 5.70. The Balaban J connectivity index is 1.19. The lowest BCUT2D eigenvalue weighted by Gasteiger charge is -2.09. The van der Waals surface area contributed by atoms with Gasteiger partial charge in [0.05, 0.1) is 12.1 Å². The van der Waals surface area contributed by atoms with Crippen molar-refractivity contribution < 1.29 is 4.79 Å². The number of hydrogen-bond acceptors (Lipinski definition) is 5. The van der Waals surface area contributed by atoms with Crippen LogP contribution < -0.4 is 5.32 Å². The van der Waals surface area contributed by atoms with Gasteiger partial charge in [-0.1, -0.05) is 66.7 Å². The Bertz CT molecular complexity index is 1680. The molecule has 0 saturated carbocycles. The molecule has 0 atom stereocenters. The van der Waals surface area contributed by atoms with Gasteiger partial charge in [-0.3, -0.25) is 9.78 Å². The van der Waals surface area contributed by atoms with Gasteiger partial charge in [-0.2, -0.15) is 9.61 Å². The molecule has 0 saturated heterocycles. The Kier molecular flexibility index (Phi) is 5.93. The molecule has 0 spiro atoms. The van der Waals surface area contributed by atoms with E-state index in [1.807, 2.05) is 91.0 Å². The van der Waals surface area contributed by atoms with Crippen LogP contribution in [0.1, 0.15) is 5.56 Å². The van der Waals surface area contributed by atoms with Gasteiger partial charge in [0.1, 0.15) is 0 Å². The number of anilines is 1. The summed E-state index contributed by atoms with van der Waals surface area (Å²) in [7, 11) is 0. The molecule has 0 fully saturated rings. The van der Waals surface area contributed by atoms with Gasteiger partial charge in [0.2, 0.25) is 5.91 Å². The van der Waals surface area contributed by atoms with Gasteiger partial charge in [-0.05, 0) is 53.1 Å². The van der Waals surface area contributed by atoms with Crippen LogP contribution in [-0.2, 0) is 11.2 Å². The maximum Gasteiger partial charge on any atom is 0.228 e. The first-order valence-electron chi connectivity index (χ1n) is 11.9. The summed E-state index contributed by atoms with van der Waals surface area (Å²) in [5, 5.41) is 16.3. The standard InChI is InChI=1S/C30H22N6O/c37-29(19-21-9-11-23(12-10-21)22-5-2-1-3-6-22)32-26-8-4-7-25(20-26)27-13-14-28-33-34-30(36(28)35-27)24-15-17-31-18-16-24/h1-18,20H,19H2,(H,32,37). The number of nitrogens with zero attached hydrogens (tertiary/aromatic N) is 5. The van der Waals surface area contributed by atoms with Crippen molar-refractivity contribution in [2.45, 2.75) is 6.42 Å². The molecule has 1 N–H and O–H groups in total. The summed E-state index contributed by atoms with van der Waals surface area (Å²) in [5.74, 6) is 0.564. The minimum atomic E-state index is -0.0770. The zero-order chi connectivity index (χ0) is 25.0. The monoisotopic (exact) mass is 482 g/mol. The van der Waals surface area contributed by atoms with Crippen molar-refractivity contribution >= 4 is 17.2 Å². The fourth-order valence-corrected chi connectivity index (χ4v) is 4.22. The highest BCUT2D eigenvalue weighted by Gasteiger charge is 2.12. The Morgan fingerprint density at radius 3 is 2.27 bits per heavy atom. The van der Waals surface area contributed by atoms with Crippen molar-refractivity contribution in [3.05, 3.63) is 121 Å². The van der Waals surface area contributed by atoms with E-state index in [-0.39, 0.29) is 5.91 Å². The number of benzene rings is 3. The average Bonchev–Trinajstić information content (AvgIpc) is 3.38. The van der Waals surface area contributed by atoms with E-state index in [2.05, 4.69) is 32.6 Å². The zero-order valence-corrected chi connectivity index (χ0v) is 19.8. The van der Waals surface area contributed by atoms with Crippen molar-refractivity contribution in [2.75, 3.05) is 5.32 Å². The van der Waals surface area contributed by atoms with Gasteiger partial charge in [-0.15, -0.1) is 10.2 Å². The fourth-order valence-electron chi connectivity index (χ4n) is 4.22. The Morgan fingerprint density at radius 2 is 1.46 bits per heavy atom. The van der Waals surface area contributed by atoms with Crippen molar-refractivity contribution in [3.8, 4) is 33.8 Å². The third-order valence-corrected chi connectivity index (χ3v) is 6.07. The van der Waals surface area contributed by atoms with Gasteiger partial charge in [0.25, 0.3) is 0 Å². The second-order valence-electron chi connectivity index (χ2n) is 8.62. The molecular weight excluding hydrogens is 460 g/mol. The number of amides is 1. The highest BCUT2D eigenvalue weighted by Crippen LogP contribution is 2.24. The van der Waals surface area contributed by atoms with E-state index < -0.39 is 0 Å². The van der Waals surface area contributed by atoms with Crippen molar-refractivity contribution in [3.63, 3.8) is 0 Å². The second kappa shape index (κ2) is 9.83. The molecule has 3 aromatic carbocycles. The van der Waals surface area contributed by atoms with Crippen LogP contribution in [0.2, 0.25) is 0 Å². The summed E-state index contributed by atoms with van der Waals surface area (Å²) in [5.41, 5.74) is 7.10. The average molecular weight is 483 g/mol. The molecule has 3 aromatic heterocycles. The van der Waals surface area contributed by atoms with Crippen LogP contribution in [0.3, 0.4) is 0 Å². The molecule has 6 aromatic rings. The summed E-state index contributed by atoms with van der Waals surface area (Å²) in [4.78, 5) is 16.8. The third-order valence-electron chi connectivity index (χ3n) is 6.07. The summed E-state index contributed by atoms with van der Waals surface area (Å²) < 4.78 is 1.72. The normalized spacial score (nSPS) is 10.9. The molecule has 0 aliphatic carbocycles. The van der Waals surface area contributed by atoms with Crippen LogP contribution in [-0.4, -0.2) is 30.7 Å². The topological polar surface area (TPSA) is 85.1 Å². The highest BCUT2D eigenvalue weighted by atomic mass is 16.1. The molecule has 1 amide bonds. The first-order valence-corrected chi connectivity index (χ1v) is 11.9. The summed E-state index contributed by atoms with van der Waals surface area (Å²) >= 11 is 0. The molecule has 0 aliphatic heterocycles. The third kappa shape index (κ3) is 4.83. The molecular formula is C30H22N6O. The van der Waals surface area contributed by atoms with E-state index in [9.17, 15) is 4.79 Å². The maximum atomic E-state index is 12.8. The first-order chi connectivity index (χ1) is 18.2. The summed E-state index contributed by atoms with van der Waals surface area (Å²) in [6, 6.07) is 33.5. The van der Waals surface area contributed by atoms with E-state index in [1.165, 1.54) is 0 Å². The molecule has 0 bridgehead atoms. The van der Waals surface area contributed by atoms with Crippen LogP contribution in [0.25, 0.3) is 39.4 Å². The molecule has 0 aliphatic rings. The zero-order valence-electron chi connectivity index (χ0n) is 19.8. The number of fused-ring (bicyclic) bond motifs is 1. The second-order valence-corrected chi connectivity index (χ2v) is 8.62. The van der Waals surface area contributed by atoms with E-state index >= 15 is 0 Å². The predicted molar refractivity (Wildman–Crippen MR) is 144 cm³/mol. The van der Waals surface area contributed by atoms with Gasteiger partial charge < -0.3 is 5.32 Å². The van der Waals surface area contributed by atoms with Crippen LogP contribution in [0.15, 0.2) is 116 Å². The van der Waals surface area contributed by atoms with Crippen LogP contribution in [0, 0.1) is 0 Å². The van der Waals surface area contributed by atoms with Crippen LogP contribution in [0.5, 0.6) is 0 Å². The molecule has 0 radical (unpaired) electrons. The number of carbonyl (C=O) groups is 1. The molecule has 7 nitrogen and oxygen atoms in total. The number of rotatable bonds is 6. The largest absolute Gasteiger partial charge is 0.326 e. The summed E-state index contributed by atoms with van der Waals surface area (Å²) in [6.45, 7) is 0. The molecule has 7 heteroatoms. The number of pyridine rings is 1. The SMILES string of the molecule is O=C(Cc1ccc(-c2ccccc2)cc1)Nc1cccc(-c2ccc3nnc(-c4ccncc4)n3n2)c1. The Hall–Kier alpha value is -5.17. The lowest BCUT2D eigenvalue weighted by molar-refractivity contribution is -0.115. The molecule has 37 heavy (non-hydrogen) atoms. The minimum absolute atomic E-state index is 0.0770. The highest BCUT2D eigenvalue weighted by molar-refractivity contribution is 5.93. The minimum Gasteiger partial charge on any atom is -0.326 e. The van der Waals surface area contributed by atoms with Crippen LogP contribution >= 0.6 is 0 Å². The maximum absolute atomic E-state index is 12.8. The first kappa shape index (κ1) is 22.3. The molecule has 0 unspecified atom stereocenters. The van der Waals surface area contributed by atoms with Gasteiger partial charge >= 0.3 is 0 Å². The number of carbonyl (C=O) groups excluding carboxylic acids is 1. The van der Waals surface area contributed by atoms with Gasteiger partial charge in [0.15, 0.2) is 11.5 Å². The number of aromatic nitrogens is 5. The lowest BCUT2D eigenvalue weighted by Crippen LogP contribution is -2.14. The number of nitrogens with one attached hydrogen (secondary N) is 1. The van der Waals surface area contributed by atoms with Crippen molar-refractivity contribution in [2.24, 2.45) is 0 Å². The van der Waals surface area contributed by atoms with Crippen molar-refractivity contribution in [1.82, 2.24) is 24.8 Å². The van der Waals surface area contributed by atoms with E-state index in [0.717, 1.165) is 33.5 Å². The smallest absolute Gasteiger partial charge is 0.228 e. The van der Waals surface area contributed by atoms with E-state index in [4.69, 9.17) is 5.10 Å². The Labute approximate surface area is 213 Å². The quantitative estimate of drug-likeness (QED) is 0.329. The molecule has 178 valence electrons. The summed E-state index contributed by atoms with van der Waals surface area (Å²) in [6.07, 6.45) is 3.72. The van der Waals surface area contributed by atoms with Crippen LogP contribution in [0.4, 0.5) is 5.69 Å². The fraction of sp³-hybridized carbons (Fsp3) is 0.0333. The van der Waals surface area contributed by atoms with Gasteiger partial charge in [-0.25, -0.2) is 0 Å². The lowest BCUT2D eigenvalue weighted by atomic mass is 10.0. The van der Waals surface area contributed by atoms with Crippen molar-refractivity contribution in [1.29, 1.82) is 0 Å². The number of hydrogen-bond donors (Lipinski definition) is 1. The van der Waals surface area contributed by atoms with Gasteiger partial charge in [0, 0.05) is 29.2 Å². The molecule has 3 heterocycles. The Morgan fingerprint density at radius 1 is 0.703 bits per heavy atom.